The Morgan fingerprint density at radius 3 is 2.56 bits per heavy atom. The van der Waals surface area contributed by atoms with Crippen LogP contribution in [0, 0.1) is 0 Å². The summed E-state index contributed by atoms with van der Waals surface area (Å²) < 4.78 is 10.2. The Labute approximate surface area is 157 Å². The number of benzene rings is 1. The zero-order chi connectivity index (χ0) is 19.8. The lowest BCUT2D eigenvalue weighted by Crippen LogP contribution is -2.39. The van der Waals surface area contributed by atoms with E-state index in [9.17, 15) is 14.4 Å². The van der Waals surface area contributed by atoms with Gasteiger partial charge in [-0.15, -0.1) is 0 Å². The normalized spacial score (nSPS) is 10.2. The Morgan fingerprint density at radius 1 is 1.11 bits per heavy atom. The maximum absolute atomic E-state index is 12.1. The number of amides is 2. The first-order chi connectivity index (χ1) is 12.9. The molecule has 0 fully saturated rings. The summed E-state index contributed by atoms with van der Waals surface area (Å²) >= 11 is 0. The molecule has 0 spiro atoms. The van der Waals surface area contributed by atoms with Gasteiger partial charge in [-0.25, -0.2) is 4.79 Å². The predicted octanol–water partition coefficient (Wildman–Crippen LogP) is 1.28. The van der Waals surface area contributed by atoms with Crippen molar-refractivity contribution in [1.29, 1.82) is 0 Å². The molecule has 0 saturated carbocycles. The Hall–Kier alpha value is -3.29. The van der Waals surface area contributed by atoms with Crippen LogP contribution < -0.4 is 10.2 Å². The van der Waals surface area contributed by atoms with Gasteiger partial charge in [0, 0.05) is 26.8 Å². The standard InChI is InChI=1S/C19H23N3O5/c1-21(2)15-7-4-6-14(10-15)19(25)27-13-18(24)22(3)12-17(23)20-11-16-8-5-9-26-16/h4-10H,11-13H2,1-3H3,(H,20,23). The molecule has 27 heavy (non-hydrogen) atoms. The smallest absolute Gasteiger partial charge is 0.338 e. The molecule has 8 heteroatoms. The van der Waals surface area contributed by atoms with E-state index in [1.165, 1.54) is 18.2 Å². The molecule has 0 aliphatic heterocycles. The van der Waals surface area contributed by atoms with E-state index in [1.807, 2.05) is 25.1 Å². The van der Waals surface area contributed by atoms with Gasteiger partial charge in [-0.05, 0) is 30.3 Å². The van der Waals surface area contributed by atoms with Crippen molar-refractivity contribution in [2.24, 2.45) is 0 Å². The molecule has 1 N–H and O–H groups in total. The summed E-state index contributed by atoms with van der Waals surface area (Å²) in [5.41, 5.74) is 1.20. The average Bonchev–Trinajstić information content (AvgIpc) is 3.17. The second kappa shape index (κ2) is 9.42. The molecule has 144 valence electrons. The van der Waals surface area contributed by atoms with Crippen molar-refractivity contribution < 1.29 is 23.5 Å². The Kier molecular flexibility index (Phi) is 6.99. The van der Waals surface area contributed by atoms with Crippen molar-refractivity contribution in [1.82, 2.24) is 10.2 Å². The van der Waals surface area contributed by atoms with E-state index in [4.69, 9.17) is 9.15 Å². The number of ether oxygens (including phenoxy) is 1. The van der Waals surface area contributed by atoms with Crippen molar-refractivity contribution in [3.05, 3.63) is 54.0 Å². The van der Waals surface area contributed by atoms with Crippen LogP contribution in [0.3, 0.4) is 0 Å². The molecular weight excluding hydrogens is 350 g/mol. The van der Waals surface area contributed by atoms with Crippen LogP contribution >= 0.6 is 0 Å². The van der Waals surface area contributed by atoms with Gasteiger partial charge in [0.15, 0.2) is 6.61 Å². The number of carbonyl (C=O) groups is 3. The lowest BCUT2D eigenvalue weighted by atomic mass is 10.2. The third-order valence-electron chi connectivity index (χ3n) is 3.77. The molecule has 0 saturated heterocycles. The molecule has 0 radical (unpaired) electrons. The highest BCUT2D eigenvalue weighted by molar-refractivity contribution is 5.92. The minimum absolute atomic E-state index is 0.146. The van der Waals surface area contributed by atoms with Crippen LogP contribution in [0.1, 0.15) is 16.1 Å². The van der Waals surface area contributed by atoms with Gasteiger partial charge in [0.05, 0.1) is 24.9 Å². The second-order valence-corrected chi connectivity index (χ2v) is 6.13. The molecule has 1 heterocycles. The number of esters is 1. The number of likely N-dealkylation sites (N-methyl/N-ethyl adjacent to an activating group) is 1. The summed E-state index contributed by atoms with van der Waals surface area (Å²) in [5.74, 6) is -0.790. The molecule has 0 aliphatic rings. The molecule has 2 amide bonds. The SMILES string of the molecule is CN(CC(=O)NCc1ccco1)C(=O)COC(=O)c1cccc(N(C)C)c1. The van der Waals surface area contributed by atoms with Crippen LogP contribution in [0.5, 0.6) is 0 Å². The van der Waals surface area contributed by atoms with Gasteiger partial charge in [0.2, 0.25) is 5.91 Å². The van der Waals surface area contributed by atoms with Gasteiger partial charge < -0.3 is 24.3 Å². The summed E-state index contributed by atoms with van der Waals surface area (Å²) in [4.78, 5) is 39.1. The lowest BCUT2D eigenvalue weighted by Gasteiger charge is -2.17. The molecule has 0 bridgehead atoms. The van der Waals surface area contributed by atoms with Crippen molar-refractivity contribution in [3.63, 3.8) is 0 Å². The third kappa shape index (κ3) is 6.18. The summed E-state index contributed by atoms with van der Waals surface area (Å²) in [6.45, 7) is -0.342. The predicted molar refractivity (Wildman–Crippen MR) is 99.2 cm³/mol. The number of furan rings is 1. The number of nitrogens with zero attached hydrogens (tertiary/aromatic N) is 2. The lowest BCUT2D eigenvalue weighted by molar-refractivity contribution is -0.137. The summed E-state index contributed by atoms with van der Waals surface area (Å²) in [7, 11) is 5.19. The Balaban J connectivity index is 1.77. The largest absolute Gasteiger partial charge is 0.467 e. The zero-order valence-electron chi connectivity index (χ0n) is 15.6. The summed E-state index contributed by atoms with van der Waals surface area (Å²) in [6, 6.07) is 10.4. The maximum atomic E-state index is 12.1. The third-order valence-corrected chi connectivity index (χ3v) is 3.77. The fraction of sp³-hybridized carbons (Fsp3) is 0.316. The summed E-state index contributed by atoms with van der Waals surface area (Å²) in [6.07, 6.45) is 1.51. The van der Waals surface area contributed by atoms with E-state index in [0.29, 0.717) is 11.3 Å². The highest BCUT2D eigenvalue weighted by atomic mass is 16.5. The molecule has 0 unspecified atom stereocenters. The van der Waals surface area contributed by atoms with Gasteiger partial charge in [0.25, 0.3) is 5.91 Å². The topological polar surface area (TPSA) is 92.1 Å². The quantitative estimate of drug-likeness (QED) is 0.701. The molecule has 2 rings (SSSR count). The van der Waals surface area contributed by atoms with Gasteiger partial charge in [-0.1, -0.05) is 6.07 Å². The Morgan fingerprint density at radius 2 is 1.89 bits per heavy atom. The van der Waals surface area contributed by atoms with Crippen LogP contribution in [-0.4, -0.2) is 57.0 Å². The Bertz CT molecular complexity index is 786. The van der Waals surface area contributed by atoms with Crippen LogP contribution in [0.2, 0.25) is 0 Å². The highest BCUT2D eigenvalue weighted by Crippen LogP contribution is 2.14. The molecule has 1 aromatic heterocycles. The molecule has 0 aliphatic carbocycles. The van der Waals surface area contributed by atoms with Gasteiger partial charge in [0.1, 0.15) is 5.76 Å². The van der Waals surface area contributed by atoms with Crippen LogP contribution in [0.15, 0.2) is 47.1 Å². The van der Waals surface area contributed by atoms with Crippen molar-refractivity contribution in [2.45, 2.75) is 6.54 Å². The fourth-order valence-corrected chi connectivity index (χ4v) is 2.19. The first-order valence-electron chi connectivity index (χ1n) is 8.34. The highest BCUT2D eigenvalue weighted by Gasteiger charge is 2.16. The second-order valence-electron chi connectivity index (χ2n) is 6.13. The first kappa shape index (κ1) is 20.0. The first-order valence-corrected chi connectivity index (χ1v) is 8.34. The van der Waals surface area contributed by atoms with E-state index in [1.54, 1.807) is 30.3 Å². The van der Waals surface area contributed by atoms with E-state index in [-0.39, 0.29) is 19.0 Å². The van der Waals surface area contributed by atoms with Crippen LogP contribution in [0.4, 0.5) is 5.69 Å². The van der Waals surface area contributed by atoms with E-state index in [2.05, 4.69) is 5.32 Å². The summed E-state index contributed by atoms with van der Waals surface area (Å²) in [5, 5.41) is 2.64. The fourth-order valence-electron chi connectivity index (χ4n) is 2.19. The number of hydrogen-bond acceptors (Lipinski definition) is 6. The number of hydrogen-bond donors (Lipinski definition) is 1. The monoisotopic (exact) mass is 373 g/mol. The molecule has 2 aromatic rings. The number of carbonyl (C=O) groups excluding carboxylic acids is 3. The van der Waals surface area contributed by atoms with E-state index in [0.717, 1.165) is 5.69 Å². The van der Waals surface area contributed by atoms with Gasteiger partial charge in [-0.2, -0.15) is 0 Å². The minimum Gasteiger partial charge on any atom is -0.467 e. The average molecular weight is 373 g/mol. The number of nitrogens with one attached hydrogen (secondary N) is 1. The molecule has 8 nitrogen and oxygen atoms in total. The van der Waals surface area contributed by atoms with Gasteiger partial charge >= 0.3 is 5.97 Å². The van der Waals surface area contributed by atoms with E-state index >= 15 is 0 Å². The molecular formula is C19H23N3O5. The maximum Gasteiger partial charge on any atom is 0.338 e. The number of rotatable bonds is 8. The number of anilines is 1. The van der Waals surface area contributed by atoms with Crippen molar-refractivity contribution in [3.8, 4) is 0 Å². The van der Waals surface area contributed by atoms with Crippen LogP contribution in [0.25, 0.3) is 0 Å². The van der Waals surface area contributed by atoms with Crippen molar-refractivity contribution >= 4 is 23.5 Å². The molecule has 1 aromatic carbocycles. The van der Waals surface area contributed by atoms with Crippen LogP contribution in [-0.2, 0) is 20.9 Å². The minimum atomic E-state index is -0.595. The van der Waals surface area contributed by atoms with E-state index < -0.39 is 18.5 Å². The van der Waals surface area contributed by atoms with Crippen molar-refractivity contribution in [2.75, 3.05) is 39.2 Å². The van der Waals surface area contributed by atoms with Gasteiger partial charge in [-0.3, -0.25) is 9.59 Å². The molecule has 0 atom stereocenters. The zero-order valence-corrected chi connectivity index (χ0v) is 15.6.